The highest BCUT2D eigenvalue weighted by Gasteiger charge is 2.13. The molecule has 2 heterocycles. The van der Waals surface area contributed by atoms with Gasteiger partial charge in [0.05, 0.1) is 6.54 Å². The van der Waals surface area contributed by atoms with E-state index in [2.05, 4.69) is 34.1 Å². The van der Waals surface area contributed by atoms with Crippen molar-refractivity contribution in [2.75, 3.05) is 13.1 Å². The fraction of sp³-hybridized carbons (Fsp3) is 0.500. The smallest absolute Gasteiger partial charge is 0.156 e. The fourth-order valence-corrected chi connectivity index (χ4v) is 2.89. The number of nitrogens with zero attached hydrogens (tertiary/aromatic N) is 1. The Morgan fingerprint density at radius 1 is 1.64 bits per heavy atom. The van der Waals surface area contributed by atoms with Crippen LogP contribution in [0, 0.1) is 0 Å². The largest absolute Gasteiger partial charge is 0.365 e. The first kappa shape index (κ1) is 10.1. The summed E-state index contributed by atoms with van der Waals surface area (Å²) in [6.45, 7) is 4.17. The highest BCUT2D eigenvalue weighted by Crippen LogP contribution is 2.18. The van der Waals surface area contributed by atoms with Crippen LogP contribution in [0.3, 0.4) is 0 Å². The normalized spacial score (nSPS) is 20.9. The first-order valence-electron chi connectivity index (χ1n) is 4.80. The summed E-state index contributed by atoms with van der Waals surface area (Å²) in [5, 5.41) is 9.46. The van der Waals surface area contributed by atoms with Crippen molar-refractivity contribution < 1.29 is 0 Å². The van der Waals surface area contributed by atoms with Crippen LogP contribution >= 0.6 is 23.1 Å². The molecule has 2 nitrogen and oxygen atoms in total. The third kappa shape index (κ3) is 2.75. The van der Waals surface area contributed by atoms with Gasteiger partial charge < -0.3 is 5.32 Å². The van der Waals surface area contributed by atoms with Gasteiger partial charge in [0, 0.05) is 11.8 Å². The van der Waals surface area contributed by atoms with Crippen molar-refractivity contribution in [3.05, 3.63) is 22.4 Å². The molecule has 0 aliphatic carbocycles. The van der Waals surface area contributed by atoms with Crippen LogP contribution in [0.2, 0.25) is 0 Å². The van der Waals surface area contributed by atoms with Crippen LogP contribution in [0.15, 0.2) is 21.8 Å². The fourth-order valence-electron chi connectivity index (χ4n) is 1.32. The topological polar surface area (TPSA) is 24.4 Å². The second kappa shape index (κ2) is 4.84. The molecule has 0 saturated carbocycles. The zero-order valence-electron chi connectivity index (χ0n) is 8.19. The van der Waals surface area contributed by atoms with Crippen molar-refractivity contribution in [2.45, 2.75) is 18.6 Å². The highest BCUT2D eigenvalue weighted by molar-refractivity contribution is 8.14. The molecule has 0 saturated heterocycles. The maximum atomic E-state index is 4.41. The summed E-state index contributed by atoms with van der Waals surface area (Å²) in [7, 11) is 0. The van der Waals surface area contributed by atoms with E-state index in [1.165, 1.54) is 5.56 Å². The van der Waals surface area contributed by atoms with E-state index >= 15 is 0 Å². The number of aliphatic imine (C=N–C) groups is 1. The van der Waals surface area contributed by atoms with Gasteiger partial charge in [0.1, 0.15) is 0 Å². The van der Waals surface area contributed by atoms with Gasteiger partial charge in [0.2, 0.25) is 0 Å². The van der Waals surface area contributed by atoms with Crippen molar-refractivity contribution in [1.29, 1.82) is 0 Å². The second-order valence-electron chi connectivity index (χ2n) is 3.38. The van der Waals surface area contributed by atoms with E-state index in [9.17, 15) is 0 Å². The minimum atomic E-state index is 0.652. The summed E-state index contributed by atoms with van der Waals surface area (Å²) in [6, 6.07) is 2.18. The molecule has 0 radical (unpaired) electrons. The van der Waals surface area contributed by atoms with Gasteiger partial charge in [-0.25, -0.2) is 0 Å². The van der Waals surface area contributed by atoms with E-state index in [1.54, 1.807) is 11.3 Å². The Labute approximate surface area is 92.8 Å². The average molecular weight is 226 g/mol. The van der Waals surface area contributed by atoms with Crippen LogP contribution in [-0.4, -0.2) is 23.5 Å². The molecule has 14 heavy (non-hydrogen) atoms. The highest BCUT2D eigenvalue weighted by atomic mass is 32.2. The first-order valence-corrected chi connectivity index (χ1v) is 6.63. The molecule has 0 aromatic carbocycles. The summed E-state index contributed by atoms with van der Waals surface area (Å²) in [5.41, 5.74) is 1.42. The van der Waals surface area contributed by atoms with Gasteiger partial charge in [-0.05, 0) is 28.8 Å². The average Bonchev–Trinajstić information content (AvgIpc) is 2.77. The van der Waals surface area contributed by atoms with Gasteiger partial charge in [-0.15, -0.1) is 0 Å². The molecular weight excluding hydrogens is 212 g/mol. The number of amidine groups is 1. The van der Waals surface area contributed by atoms with E-state index < -0.39 is 0 Å². The Bertz CT molecular complexity index is 306. The van der Waals surface area contributed by atoms with Gasteiger partial charge in [0.15, 0.2) is 5.17 Å². The molecule has 0 amide bonds. The molecule has 1 aliphatic heterocycles. The van der Waals surface area contributed by atoms with E-state index in [1.807, 2.05) is 11.8 Å². The summed E-state index contributed by atoms with van der Waals surface area (Å²) in [4.78, 5) is 4.41. The van der Waals surface area contributed by atoms with Crippen molar-refractivity contribution in [1.82, 2.24) is 5.32 Å². The van der Waals surface area contributed by atoms with E-state index in [0.29, 0.717) is 5.25 Å². The van der Waals surface area contributed by atoms with Gasteiger partial charge in [-0.3, -0.25) is 4.99 Å². The number of hydrogen-bond donors (Lipinski definition) is 1. The lowest BCUT2D eigenvalue weighted by Crippen LogP contribution is -2.21. The molecular formula is C10H14N2S2. The second-order valence-corrected chi connectivity index (χ2v) is 5.59. The maximum absolute atomic E-state index is 4.41. The Kier molecular flexibility index (Phi) is 3.48. The summed E-state index contributed by atoms with van der Waals surface area (Å²) in [6.07, 6.45) is 1.09. The first-order chi connectivity index (χ1) is 6.84. The Hall–Kier alpha value is -0.480. The van der Waals surface area contributed by atoms with Crippen LogP contribution < -0.4 is 5.32 Å². The minimum Gasteiger partial charge on any atom is -0.365 e. The number of thiophene rings is 1. The standard InChI is InChI=1S/C10H14N2S2/c1-8-6-12-10(14-8)11-4-2-9-3-5-13-7-9/h3,5,7-8H,2,4,6H2,1H3,(H,11,12). The van der Waals surface area contributed by atoms with Crippen molar-refractivity contribution in [3.8, 4) is 0 Å². The van der Waals surface area contributed by atoms with Gasteiger partial charge in [-0.1, -0.05) is 18.7 Å². The quantitative estimate of drug-likeness (QED) is 0.855. The van der Waals surface area contributed by atoms with Crippen molar-refractivity contribution >= 4 is 28.3 Å². The lowest BCUT2D eigenvalue weighted by molar-refractivity contribution is 0.872. The van der Waals surface area contributed by atoms with E-state index in [4.69, 9.17) is 0 Å². The molecule has 1 N–H and O–H groups in total. The number of hydrogen-bond acceptors (Lipinski definition) is 4. The molecule has 1 aromatic heterocycles. The summed E-state index contributed by atoms with van der Waals surface area (Å²) < 4.78 is 0. The van der Waals surface area contributed by atoms with E-state index in [-0.39, 0.29) is 0 Å². The van der Waals surface area contributed by atoms with Gasteiger partial charge in [-0.2, -0.15) is 11.3 Å². The number of rotatable bonds is 3. The van der Waals surface area contributed by atoms with Crippen LogP contribution in [0.1, 0.15) is 12.5 Å². The molecule has 1 aliphatic rings. The van der Waals surface area contributed by atoms with Gasteiger partial charge in [0.25, 0.3) is 0 Å². The number of thioether (sulfide) groups is 1. The zero-order valence-corrected chi connectivity index (χ0v) is 9.83. The molecule has 0 fully saturated rings. The summed E-state index contributed by atoms with van der Waals surface area (Å²) >= 11 is 3.60. The molecule has 0 spiro atoms. The molecule has 1 unspecified atom stereocenters. The van der Waals surface area contributed by atoms with Crippen LogP contribution in [0.4, 0.5) is 0 Å². The predicted molar refractivity (Wildman–Crippen MR) is 65.4 cm³/mol. The monoisotopic (exact) mass is 226 g/mol. The number of nitrogens with one attached hydrogen (secondary N) is 1. The lowest BCUT2D eigenvalue weighted by atomic mass is 10.2. The molecule has 1 atom stereocenters. The van der Waals surface area contributed by atoms with Crippen LogP contribution in [0.25, 0.3) is 0 Å². The van der Waals surface area contributed by atoms with Crippen LogP contribution in [-0.2, 0) is 6.42 Å². The van der Waals surface area contributed by atoms with E-state index in [0.717, 1.165) is 24.7 Å². The maximum Gasteiger partial charge on any atom is 0.156 e. The zero-order chi connectivity index (χ0) is 9.80. The summed E-state index contributed by atoms with van der Waals surface area (Å²) in [5.74, 6) is 0. The SMILES string of the molecule is CC1CN=C(NCCc2ccsc2)S1. The molecule has 4 heteroatoms. The Morgan fingerprint density at radius 3 is 3.21 bits per heavy atom. The molecule has 2 rings (SSSR count). The van der Waals surface area contributed by atoms with Crippen molar-refractivity contribution in [3.63, 3.8) is 0 Å². The third-order valence-corrected chi connectivity index (χ3v) is 3.86. The van der Waals surface area contributed by atoms with Gasteiger partial charge >= 0.3 is 0 Å². The predicted octanol–water partition coefficient (Wildman–Crippen LogP) is 2.37. The Morgan fingerprint density at radius 2 is 2.57 bits per heavy atom. The molecule has 76 valence electrons. The Balaban J connectivity index is 1.69. The lowest BCUT2D eigenvalue weighted by Gasteiger charge is -2.04. The van der Waals surface area contributed by atoms with Crippen LogP contribution in [0.5, 0.6) is 0 Å². The molecule has 0 bridgehead atoms. The minimum absolute atomic E-state index is 0.652. The third-order valence-electron chi connectivity index (χ3n) is 2.07. The van der Waals surface area contributed by atoms with Crippen molar-refractivity contribution in [2.24, 2.45) is 4.99 Å². The molecule has 1 aromatic rings.